The van der Waals surface area contributed by atoms with E-state index in [1.165, 1.54) is 45.2 Å². The maximum atomic E-state index is 13.4. The fraction of sp³-hybridized carbons (Fsp3) is 0.696. The lowest BCUT2D eigenvalue weighted by Crippen LogP contribution is -2.64. The van der Waals surface area contributed by atoms with Crippen molar-refractivity contribution in [2.75, 3.05) is 46.0 Å². The third-order valence-corrected chi connectivity index (χ3v) is 7.01. The van der Waals surface area contributed by atoms with Gasteiger partial charge in [-0.3, -0.25) is 9.69 Å². The molecule has 1 saturated carbocycles. The molecule has 1 aromatic carbocycles. The molecular formula is C23H32N2O4. The van der Waals surface area contributed by atoms with Crippen molar-refractivity contribution in [3.05, 3.63) is 23.8 Å². The Morgan fingerprint density at radius 2 is 1.76 bits per heavy atom. The number of fused-ring (bicyclic) bond motifs is 1. The minimum Gasteiger partial charge on any atom is -0.490 e. The number of amides is 1. The molecule has 2 saturated heterocycles. The van der Waals surface area contributed by atoms with Crippen LogP contribution in [0, 0.1) is 0 Å². The van der Waals surface area contributed by atoms with Gasteiger partial charge in [0.05, 0.1) is 26.4 Å². The van der Waals surface area contributed by atoms with Gasteiger partial charge in [-0.25, -0.2) is 0 Å². The topological polar surface area (TPSA) is 51.2 Å². The SMILES string of the molecule is O=C(c1ccc2c(c1)OCCCO2)N1CCOC2(CCCCC2N2CCCC2)C1. The highest BCUT2D eigenvalue weighted by Gasteiger charge is 2.48. The maximum Gasteiger partial charge on any atom is 0.254 e. The molecule has 1 aliphatic carbocycles. The molecule has 3 fully saturated rings. The lowest BCUT2D eigenvalue weighted by Gasteiger charge is -2.52. The lowest BCUT2D eigenvalue weighted by molar-refractivity contribution is -0.156. The third-order valence-electron chi connectivity index (χ3n) is 7.01. The van der Waals surface area contributed by atoms with E-state index < -0.39 is 0 Å². The van der Waals surface area contributed by atoms with E-state index >= 15 is 0 Å². The molecule has 0 aromatic heterocycles. The summed E-state index contributed by atoms with van der Waals surface area (Å²) in [6, 6.07) is 6.04. The van der Waals surface area contributed by atoms with Crippen molar-refractivity contribution >= 4 is 5.91 Å². The zero-order valence-corrected chi connectivity index (χ0v) is 17.2. The van der Waals surface area contributed by atoms with Crippen molar-refractivity contribution in [1.29, 1.82) is 0 Å². The Bertz CT molecular complexity index is 744. The molecule has 6 nitrogen and oxygen atoms in total. The van der Waals surface area contributed by atoms with Crippen LogP contribution in [0.3, 0.4) is 0 Å². The molecule has 2 atom stereocenters. The van der Waals surface area contributed by atoms with Crippen LogP contribution >= 0.6 is 0 Å². The Morgan fingerprint density at radius 1 is 0.931 bits per heavy atom. The standard InChI is InChI=1S/C23H32N2O4/c26-22(18-7-8-19-20(16-18)28-14-5-13-27-19)25-12-15-29-23(17-25)9-2-1-6-21(23)24-10-3-4-11-24/h7-8,16,21H,1-6,9-15,17H2. The summed E-state index contributed by atoms with van der Waals surface area (Å²) >= 11 is 0. The number of hydrogen-bond acceptors (Lipinski definition) is 5. The minimum atomic E-state index is -0.207. The summed E-state index contributed by atoms with van der Waals surface area (Å²) in [4.78, 5) is 18.0. The van der Waals surface area contributed by atoms with Crippen molar-refractivity contribution < 1.29 is 19.0 Å². The molecule has 4 aliphatic rings. The van der Waals surface area contributed by atoms with Gasteiger partial charge in [-0.15, -0.1) is 0 Å². The van der Waals surface area contributed by atoms with Crippen molar-refractivity contribution in [1.82, 2.24) is 9.80 Å². The van der Waals surface area contributed by atoms with Crippen molar-refractivity contribution in [2.24, 2.45) is 0 Å². The van der Waals surface area contributed by atoms with Gasteiger partial charge in [-0.2, -0.15) is 0 Å². The molecule has 29 heavy (non-hydrogen) atoms. The number of likely N-dealkylation sites (tertiary alicyclic amines) is 1. The van der Waals surface area contributed by atoms with E-state index in [0.29, 0.717) is 50.3 Å². The molecule has 2 unspecified atom stereocenters. The first-order valence-corrected chi connectivity index (χ1v) is 11.3. The van der Waals surface area contributed by atoms with E-state index in [0.717, 1.165) is 18.6 Å². The molecule has 0 bridgehead atoms. The number of carbonyl (C=O) groups is 1. The van der Waals surface area contributed by atoms with E-state index in [9.17, 15) is 4.79 Å². The highest BCUT2D eigenvalue weighted by molar-refractivity contribution is 5.95. The largest absolute Gasteiger partial charge is 0.490 e. The number of morpholine rings is 1. The molecule has 1 aromatic rings. The van der Waals surface area contributed by atoms with Crippen LogP contribution in [0.1, 0.15) is 55.3 Å². The lowest BCUT2D eigenvalue weighted by atomic mass is 9.78. The highest BCUT2D eigenvalue weighted by Crippen LogP contribution is 2.39. The normalized spacial score (nSPS) is 30.3. The van der Waals surface area contributed by atoms with Crippen molar-refractivity contribution in [3.63, 3.8) is 0 Å². The third kappa shape index (κ3) is 3.73. The zero-order chi connectivity index (χ0) is 19.7. The Labute approximate surface area is 173 Å². The summed E-state index contributed by atoms with van der Waals surface area (Å²) in [6.45, 7) is 5.61. The van der Waals surface area contributed by atoms with Crippen LogP contribution in [0.5, 0.6) is 11.5 Å². The van der Waals surface area contributed by atoms with Gasteiger partial charge in [0.25, 0.3) is 5.91 Å². The van der Waals surface area contributed by atoms with Gasteiger partial charge < -0.3 is 19.1 Å². The number of rotatable bonds is 2. The van der Waals surface area contributed by atoms with Crippen LogP contribution in [0.25, 0.3) is 0 Å². The van der Waals surface area contributed by atoms with Gasteiger partial charge in [0, 0.05) is 24.6 Å². The summed E-state index contributed by atoms with van der Waals surface area (Å²) in [5.41, 5.74) is 0.474. The van der Waals surface area contributed by atoms with Crippen LogP contribution < -0.4 is 9.47 Å². The summed E-state index contributed by atoms with van der Waals surface area (Å²) in [6.07, 6.45) is 8.13. The molecule has 1 spiro atoms. The maximum absolute atomic E-state index is 13.4. The Kier molecular flexibility index (Phi) is 5.39. The Balaban J connectivity index is 1.36. The first-order chi connectivity index (χ1) is 14.3. The van der Waals surface area contributed by atoms with E-state index in [-0.39, 0.29) is 11.5 Å². The van der Waals surface area contributed by atoms with Crippen LogP contribution in [0.2, 0.25) is 0 Å². The van der Waals surface area contributed by atoms with Crippen molar-refractivity contribution in [3.8, 4) is 11.5 Å². The molecule has 5 rings (SSSR count). The van der Waals surface area contributed by atoms with E-state index in [4.69, 9.17) is 14.2 Å². The molecule has 0 radical (unpaired) electrons. The first-order valence-electron chi connectivity index (χ1n) is 11.3. The highest BCUT2D eigenvalue weighted by atomic mass is 16.5. The smallest absolute Gasteiger partial charge is 0.254 e. The average molecular weight is 401 g/mol. The predicted molar refractivity (Wildman–Crippen MR) is 110 cm³/mol. The molecule has 1 amide bonds. The summed E-state index contributed by atoms with van der Waals surface area (Å²) < 4.78 is 18.0. The second-order valence-corrected chi connectivity index (χ2v) is 8.86. The second kappa shape index (κ2) is 8.15. The van der Waals surface area contributed by atoms with Crippen LogP contribution in [0.15, 0.2) is 18.2 Å². The molecular weight excluding hydrogens is 368 g/mol. The summed E-state index contributed by atoms with van der Waals surface area (Å²) in [5, 5.41) is 0. The number of nitrogens with zero attached hydrogens (tertiary/aromatic N) is 2. The monoisotopic (exact) mass is 400 g/mol. The van der Waals surface area contributed by atoms with Crippen LogP contribution in [0.4, 0.5) is 0 Å². The average Bonchev–Trinajstić information content (AvgIpc) is 3.18. The molecule has 6 heteroatoms. The van der Waals surface area contributed by atoms with Gasteiger partial charge in [-0.1, -0.05) is 12.8 Å². The second-order valence-electron chi connectivity index (χ2n) is 8.86. The number of hydrogen-bond donors (Lipinski definition) is 0. The predicted octanol–water partition coefficient (Wildman–Crippen LogP) is 3.10. The number of benzene rings is 1. The van der Waals surface area contributed by atoms with Gasteiger partial charge in [-0.05, 0) is 57.0 Å². The first kappa shape index (κ1) is 19.2. The van der Waals surface area contributed by atoms with Crippen LogP contribution in [-0.4, -0.2) is 73.3 Å². The quantitative estimate of drug-likeness (QED) is 0.764. The van der Waals surface area contributed by atoms with E-state index in [2.05, 4.69) is 4.90 Å². The van der Waals surface area contributed by atoms with Gasteiger partial charge in [0.1, 0.15) is 5.60 Å². The van der Waals surface area contributed by atoms with Gasteiger partial charge in [0.2, 0.25) is 0 Å². The molecule has 158 valence electrons. The Morgan fingerprint density at radius 3 is 2.62 bits per heavy atom. The number of carbonyl (C=O) groups excluding carboxylic acids is 1. The minimum absolute atomic E-state index is 0.0778. The Hall–Kier alpha value is -1.79. The molecule has 0 N–H and O–H groups in total. The number of ether oxygens (including phenoxy) is 3. The molecule has 3 heterocycles. The fourth-order valence-electron chi connectivity index (χ4n) is 5.57. The summed E-state index contributed by atoms with van der Waals surface area (Å²) in [7, 11) is 0. The van der Waals surface area contributed by atoms with Crippen molar-refractivity contribution in [2.45, 2.75) is 56.6 Å². The van der Waals surface area contributed by atoms with E-state index in [1.54, 1.807) is 0 Å². The van der Waals surface area contributed by atoms with Crippen LogP contribution in [-0.2, 0) is 4.74 Å². The summed E-state index contributed by atoms with van der Waals surface area (Å²) in [5.74, 6) is 1.50. The van der Waals surface area contributed by atoms with E-state index in [1.807, 2.05) is 23.1 Å². The van der Waals surface area contributed by atoms with Gasteiger partial charge >= 0.3 is 0 Å². The zero-order valence-electron chi connectivity index (χ0n) is 17.2. The fourth-order valence-corrected chi connectivity index (χ4v) is 5.57. The molecule has 3 aliphatic heterocycles. The van der Waals surface area contributed by atoms with Gasteiger partial charge in [0.15, 0.2) is 11.5 Å².